The Bertz CT molecular complexity index is 977. The number of carbonyl (C=O) groups is 2. The van der Waals surface area contributed by atoms with Gasteiger partial charge in [0.1, 0.15) is 5.70 Å². The number of hydrogen-bond acceptors (Lipinski definition) is 5. The zero-order chi connectivity index (χ0) is 22.5. The molecule has 2 heterocycles. The molecule has 4 rings (SSSR count). The Morgan fingerprint density at radius 3 is 2.22 bits per heavy atom. The molecule has 6 heteroatoms. The van der Waals surface area contributed by atoms with Crippen LogP contribution in [0.3, 0.4) is 0 Å². The van der Waals surface area contributed by atoms with E-state index >= 15 is 0 Å². The molecule has 0 spiro atoms. The van der Waals surface area contributed by atoms with Crippen molar-refractivity contribution >= 4 is 17.4 Å². The van der Waals surface area contributed by atoms with Crippen LogP contribution in [0.25, 0.3) is 5.57 Å². The Morgan fingerprint density at radius 2 is 1.56 bits per heavy atom. The van der Waals surface area contributed by atoms with Gasteiger partial charge in [0.05, 0.1) is 5.57 Å². The van der Waals surface area contributed by atoms with Crippen LogP contribution in [-0.2, 0) is 20.9 Å². The number of carbonyl (C=O) groups excluding carboxylic acids is 2. The zero-order valence-corrected chi connectivity index (χ0v) is 18.9. The van der Waals surface area contributed by atoms with Gasteiger partial charge in [-0.2, -0.15) is 0 Å². The van der Waals surface area contributed by atoms with E-state index in [9.17, 15) is 9.59 Å². The van der Waals surface area contributed by atoms with E-state index in [1.165, 1.54) is 10.5 Å². The van der Waals surface area contributed by atoms with E-state index < -0.39 is 0 Å². The molecule has 0 bridgehead atoms. The van der Waals surface area contributed by atoms with E-state index in [-0.39, 0.29) is 11.8 Å². The third kappa shape index (κ3) is 4.76. The molecule has 0 N–H and O–H groups in total. The van der Waals surface area contributed by atoms with Gasteiger partial charge in [-0.1, -0.05) is 60.2 Å². The molecule has 6 nitrogen and oxygen atoms in total. The molecule has 168 valence electrons. The number of piperazine rings is 1. The molecule has 0 atom stereocenters. The summed E-state index contributed by atoms with van der Waals surface area (Å²) in [7, 11) is 1.63. The number of aryl methyl sites for hydroxylation is 1. The predicted molar refractivity (Wildman–Crippen MR) is 125 cm³/mol. The monoisotopic (exact) mass is 433 g/mol. The van der Waals surface area contributed by atoms with E-state index in [1.54, 1.807) is 7.11 Å². The predicted octanol–water partition coefficient (Wildman–Crippen LogP) is 2.93. The second-order valence-corrected chi connectivity index (χ2v) is 8.45. The van der Waals surface area contributed by atoms with Crippen molar-refractivity contribution in [2.75, 3.05) is 46.4 Å². The highest BCUT2D eigenvalue weighted by atomic mass is 16.5. The molecule has 1 saturated heterocycles. The van der Waals surface area contributed by atoms with Crippen molar-refractivity contribution in [1.82, 2.24) is 14.7 Å². The van der Waals surface area contributed by atoms with Crippen molar-refractivity contribution in [3.8, 4) is 0 Å². The van der Waals surface area contributed by atoms with Crippen molar-refractivity contribution in [2.24, 2.45) is 0 Å². The van der Waals surface area contributed by atoms with Gasteiger partial charge in [0.15, 0.2) is 0 Å². The highest BCUT2D eigenvalue weighted by Gasteiger charge is 2.41. The first kappa shape index (κ1) is 22.2. The number of rotatable bonds is 8. The number of ether oxygens (including phenoxy) is 1. The smallest absolute Gasteiger partial charge is 0.277 e. The third-order valence-electron chi connectivity index (χ3n) is 6.15. The van der Waals surface area contributed by atoms with Gasteiger partial charge in [0.2, 0.25) is 0 Å². The van der Waals surface area contributed by atoms with Crippen LogP contribution < -0.4 is 0 Å². The minimum absolute atomic E-state index is 0.182. The van der Waals surface area contributed by atoms with Gasteiger partial charge in [-0.3, -0.25) is 19.4 Å². The molecule has 2 aliphatic rings. The molecule has 2 amide bonds. The number of hydrogen-bond donors (Lipinski definition) is 0. The van der Waals surface area contributed by atoms with Crippen molar-refractivity contribution in [3.05, 3.63) is 77.0 Å². The molecule has 0 aliphatic carbocycles. The lowest BCUT2D eigenvalue weighted by Gasteiger charge is -2.36. The quantitative estimate of drug-likeness (QED) is 0.473. The van der Waals surface area contributed by atoms with E-state index in [1.807, 2.05) is 37.3 Å². The fourth-order valence-electron chi connectivity index (χ4n) is 4.38. The Hall–Kier alpha value is -2.96. The fraction of sp³-hybridized carbons (Fsp3) is 0.385. The summed E-state index contributed by atoms with van der Waals surface area (Å²) < 4.78 is 5.12. The summed E-state index contributed by atoms with van der Waals surface area (Å²) in [5.74, 6) is -0.380. The Kier molecular flexibility index (Phi) is 7.02. The Labute approximate surface area is 190 Å². The number of amides is 2. The standard InChI is InChI=1S/C26H31N3O3/c1-20-9-11-22(12-10-20)23-24(26(31)29(25(23)30)13-6-18-32-2)28-16-14-27(15-17-28)19-21-7-4-3-5-8-21/h3-5,7-12H,6,13-19H2,1-2H3. The third-order valence-corrected chi connectivity index (χ3v) is 6.15. The van der Waals surface area contributed by atoms with Crippen LogP contribution in [0, 0.1) is 6.92 Å². The van der Waals surface area contributed by atoms with Crippen molar-refractivity contribution < 1.29 is 14.3 Å². The first-order valence-corrected chi connectivity index (χ1v) is 11.3. The highest BCUT2D eigenvalue weighted by Crippen LogP contribution is 2.32. The summed E-state index contributed by atoms with van der Waals surface area (Å²) in [6.45, 7) is 6.96. The number of benzene rings is 2. The molecular formula is C26H31N3O3. The lowest BCUT2D eigenvalue weighted by molar-refractivity contribution is -0.137. The molecular weight excluding hydrogens is 402 g/mol. The van der Waals surface area contributed by atoms with Gasteiger partial charge in [-0.05, 0) is 24.5 Å². The maximum Gasteiger partial charge on any atom is 0.277 e. The first-order valence-electron chi connectivity index (χ1n) is 11.3. The fourth-order valence-corrected chi connectivity index (χ4v) is 4.38. The molecule has 0 saturated carbocycles. The van der Waals surface area contributed by atoms with Gasteiger partial charge in [0.25, 0.3) is 11.8 Å². The normalized spacial score (nSPS) is 17.6. The maximum atomic E-state index is 13.4. The molecule has 2 aromatic carbocycles. The first-order chi connectivity index (χ1) is 15.6. The average Bonchev–Trinajstić information content (AvgIpc) is 3.06. The van der Waals surface area contributed by atoms with E-state index in [0.29, 0.717) is 30.8 Å². The van der Waals surface area contributed by atoms with Crippen LogP contribution in [0.1, 0.15) is 23.1 Å². The van der Waals surface area contributed by atoms with Crippen molar-refractivity contribution in [3.63, 3.8) is 0 Å². The van der Waals surface area contributed by atoms with Crippen LogP contribution in [0.5, 0.6) is 0 Å². The topological polar surface area (TPSA) is 53.1 Å². The second kappa shape index (κ2) is 10.1. The van der Waals surface area contributed by atoms with Gasteiger partial charge < -0.3 is 9.64 Å². The molecule has 32 heavy (non-hydrogen) atoms. The summed E-state index contributed by atoms with van der Waals surface area (Å²) in [6.07, 6.45) is 0.632. The van der Waals surface area contributed by atoms with E-state index in [4.69, 9.17) is 4.74 Å². The second-order valence-electron chi connectivity index (χ2n) is 8.45. The van der Waals surface area contributed by atoms with E-state index in [0.717, 1.165) is 43.9 Å². The summed E-state index contributed by atoms with van der Waals surface area (Å²) in [5.41, 5.74) is 4.31. The highest BCUT2D eigenvalue weighted by molar-refractivity contribution is 6.35. The minimum atomic E-state index is -0.198. The van der Waals surface area contributed by atoms with Crippen molar-refractivity contribution in [2.45, 2.75) is 19.9 Å². The molecule has 2 aromatic rings. The van der Waals surface area contributed by atoms with Gasteiger partial charge in [0, 0.05) is 53.0 Å². The lowest BCUT2D eigenvalue weighted by atomic mass is 10.0. The Morgan fingerprint density at radius 1 is 0.875 bits per heavy atom. The van der Waals surface area contributed by atoms with Gasteiger partial charge in [-0.15, -0.1) is 0 Å². The molecule has 1 fully saturated rings. The lowest BCUT2D eigenvalue weighted by Crippen LogP contribution is -2.47. The van der Waals surface area contributed by atoms with Crippen LogP contribution in [0.15, 0.2) is 60.3 Å². The number of nitrogens with zero attached hydrogens (tertiary/aromatic N) is 3. The van der Waals surface area contributed by atoms with Crippen LogP contribution in [-0.4, -0.2) is 73.0 Å². The maximum absolute atomic E-state index is 13.4. The van der Waals surface area contributed by atoms with E-state index in [2.05, 4.69) is 34.1 Å². The van der Waals surface area contributed by atoms with Crippen LogP contribution in [0.2, 0.25) is 0 Å². The van der Waals surface area contributed by atoms with Gasteiger partial charge in [-0.25, -0.2) is 0 Å². The molecule has 2 aliphatic heterocycles. The largest absolute Gasteiger partial charge is 0.385 e. The minimum Gasteiger partial charge on any atom is -0.385 e. The van der Waals surface area contributed by atoms with Crippen LogP contribution in [0.4, 0.5) is 0 Å². The van der Waals surface area contributed by atoms with Gasteiger partial charge >= 0.3 is 0 Å². The van der Waals surface area contributed by atoms with Crippen molar-refractivity contribution in [1.29, 1.82) is 0 Å². The summed E-state index contributed by atoms with van der Waals surface area (Å²) in [4.78, 5) is 32.6. The molecule has 0 aromatic heterocycles. The SMILES string of the molecule is COCCCN1C(=O)C(c2ccc(C)cc2)=C(N2CCN(Cc3ccccc3)CC2)C1=O. The zero-order valence-electron chi connectivity index (χ0n) is 18.9. The van der Waals surface area contributed by atoms with Crippen LogP contribution >= 0.6 is 0 Å². The summed E-state index contributed by atoms with van der Waals surface area (Å²) in [6, 6.07) is 18.3. The molecule has 0 unspecified atom stereocenters. The number of imide groups is 1. The Balaban J connectivity index is 1.54. The summed E-state index contributed by atoms with van der Waals surface area (Å²) in [5, 5.41) is 0. The average molecular weight is 434 g/mol. The number of methoxy groups -OCH3 is 1. The summed E-state index contributed by atoms with van der Waals surface area (Å²) >= 11 is 0. The molecule has 0 radical (unpaired) electrons.